The second kappa shape index (κ2) is 9.96. The zero-order valence-corrected chi connectivity index (χ0v) is 19.4. The summed E-state index contributed by atoms with van der Waals surface area (Å²) >= 11 is 18.6. The smallest absolute Gasteiger partial charge is 0.237 e. The molecule has 3 rings (SSSR count). The zero-order valence-electron chi connectivity index (χ0n) is 17.1. The number of nitrogens with one attached hydrogen (secondary N) is 1. The number of carbonyl (C=O) groups is 1. The Morgan fingerprint density at radius 1 is 1.27 bits per heavy atom. The Bertz CT molecular complexity index is 964. The first-order valence-electron chi connectivity index (χ1n) is 9.60. The lowest BCUT2D eigenvalue weighted by Crippen LogP contribution is -2.40. The van der Waals surface area contributed by atoms with Crippen molar-refractivity contribution in [2.45, 2.75) is 19.4 Å². The maximum absolute atomic E-state index is 12.2. The van der Waals surface area contributed by atoms with E-state index in [1.54, 1.807) is 18.3 Å². The molecule has 2 aromatic rings. The number of nitrogens with zero attached hydrogens (tertiary/aromatic N) is 4. The fourth-order valence-corrected chi connectivity index (χ4v) is 3.95. The lowest BCUT2D eigenvalue weighted by atomic mass is 10.1. The van der Waals surface area contributed by atoms with E-state index in [1.807, 2.05) is 43.0 Å². The Labute approximate surface area is 191 Å². The molecule has 30 heavy (non-hydrogen) atoms. The van der Waals surface area contributed by atoms with E-state index in [2.05, 4.69) is 15.3 Å². The van der Waals surface area contributed by atoms with Crippen molar-refractivity contribution in [1.29, 1.82) is 0 Å². The fraction of sp³-hybridized carbons (Fsp3) is 0.381. The molecular weight excluding hydrogens is 445 g/mol. The number of amides is 1. The predicted octanol–water partition coefficient (Wildman–Crippen LogP) is 4.79. The largest absolute Gasteiger partial charge is 0.362 e. The van der Waals surface area contributed by atoms with Gasteiger partial charge in [-0.2, -0.15) is 0 Å². The second-order valence-corrected chi connectivity index (χ2v) is 8.73. The Kier molecular flexibility index (Phi) is 7.58. The van der Waals surface area contributed by atoms with Crippen molar-refractivity contribution in [3.8, 4) is 0 Å². The van der Waals surface area contributed by atoms with Gasteiger partial charge in [0.15, 0.2) is 5.82 Å². The van der Waals surface area contributed by atoms with E-state index in [1.165, 1.54) is 0 Å². The predicted molar refractivity (Wildman–Crippen MR) is 123 cm³/mol. The number of likely N-dealkylation sites (N-methyl/N-ethyl adjacent to an activating group) is 1. The minimum absolute atomic E-state index is 0.114. The standard InChI is InChI=1S/C21H24Cl3N5O/c1-13(16-5-4-15(22)10-17(16)23)26-21-18(24)11-25-20(27-21)14-6-8-29(9-7-14)19(30)12-28(2)3/h4-6,10-11,13H,7-9,12H2,1-3H3,(H,25,26,27)/t13-/m1/s1. The molecular formula is C21H24Cl3N5O. The van der Waals surface area contributed by atoms with E-state index in [4.69, 9.17) is 34.8 Å². The van der Waals surface area contributed by atoms with Crippen LogP contribution in [0.3, 0.4) is 0 Å². The number of benzene rings is 1. The number of hydrogen-bond donors (Lipinski definition) is 1. The van der Waals surface area contributed by atoms with Gasteiger partial charge in [0.2, 0.25) is 5.91 Å². The highest BCUT2D eigenvalue weighted by atomic mass is 35.5. The topological polar surface area (TPSA) is 61.4 Å². The summed E-state index contributed by atoms with van der Waals surface area (Å²) in [5.41, 5.74) is 1.89. The summed E-state index contributed by atoms with van der Waals surface area (Å²) < 4.78 is 0. The zero-order chi connectivity index (χ0) is 21.8. The highest BCUT2D eigenvalue weighted by molar-refractivity contribution is 6.35. The van der Waals surface area contributed by atoms with Crippen molar-refractivity contribution in [2.24, 2.45) is 0 Å². The van der Waals surface area contributed by atoms with Crippen molar-refractivity contribution in [3.63, 3.8) is 0 Å². The van der Waals surface area contributed by atoms with Crippen LogP contribution in [0.1, 0.15) is 30.8 Å². The van der Waals surface area contributed by atoms with Gasteiger partial charge in [0.1, 0.15) is 10.8 Å². The third-order valence-corrected chi connectivity index (χ3v) is 5.67. The summed E-state index contributed by atoms with van der Waals surface area (Å²) in [5.74, 6) is 1.26. The van der Waals surface area contributed by atoms with Crippen molar-refractivity contribution in [2.75, 3.05) is 39.0 Å². The number of halogens is 3. The Balaban J connectivity index is 1.74. The van der Waals surface area contributed by atoms with Crippen molar-refractivity contribution < 1.29 is 4.79 Å². The van der Waals surface area contributed by atoms with Gasteiger partial charge >= 0.3 is 0 Å². The van der Waals surface area contributed by atoms with Crippen LogP contribution >= 0.6 is 34.8 Å². The van der Waals surface area contributed by atoms with E-state index in [-0.39, 0.29) is 11.9 Å². The van der Waals surface area contributed by atoms with Crippen LogP contribution in [0.2, 0.25) is 15.1 Å². The molecule has 0 spiro atoms. The number of hydrogen-bond acceptors (Lipinski definition) is 5. The minimum atomic E-state index is -0.130. The third kappa shape index (κ3) is 5.64. The highest BCUT2D eigenvalue weighted by Crippen LogP contribution is 2.31. The molecule has 0 fully saturated rings. The molecule has 1 N–H and O–H groups in total. The van der Waals surface area contributed by atoms with E-state index in [0.717, 1.165) is 11.1 Å². The Morgan fingerprint density at radius 2 is 2.03 bits per heavy atom. The van der Waals surface area contributed by atoms with E-state index < -0.39 is 0 Å². The molecule has 0 saturated carbocycles. The Morgan fingerprint density at radius 3 is 2.67 bits per heavy atom. The van der Waals surface area contributed by atoms with Gasteiger partial charge in [0.05, 0.1) is 18.8 Å². The maximum atomic E-state index is 12.2. The third-order valence-electron chi connectivity index (χ3n) is 4.83. The molecule has 1 amide bonds. The van der Waals surface area contributed by atoms with Crippen molar-refractivity contribution in [1.82, 2.24) is 19.8 Å². The van der Waals surface area contributed by atoms with Crippen LogP contribution in [0.5, 0.6) is 0 Å². The summed E-state index contributed by atoms with van der Waals surface area (Å²) in [7, 11) is 3.77. The lowest BCUT2D eigenvalue weighted by Gasteiger charge is -2.27. The molecule has 0 unspecified atom stereocenters. The van der Waals surface area contributed by atoms with Gasteiger partial charge < -0.3 is 15.1 Å². The average molecular weight is 469 g/mol. The van der Waals surface area contributed by atoms with Gasteiger partial charge in [-0.05, 0) is 50.7 Å². The first kappa shape index (κ1) is 22.8. The fourth-order valence-electron chi connectivity index (χ4n) is 3.23. The van der Waals surface area contributed by atoms with E-state index in [0.29, 0.717) is 52.8 Å². The molecule has 1 aromatic carbocycles. The average Bonchev–Trinajstić information content (AvgIpc) is 2.69. The Hall–Kier alpha value is -1.86. The maximum Gasteiger partial charge on any atom is 0.237 e. The summed E-state index contributed by atoms with van der Waals surface area (Å²) in [6.45, 7) is 3.57. The van der Waals surface area contributed by atoms with Crippen LogP contribution in [-0.4, -0.2) is 59.4 Å². The molecule has 6 nitrogen and oxygen atoms in total. The van der Waals surface area contributed by atoms with Crippen molar-refractivity contribution in [3.05, 3.63) is 56.9 Å². The molecule has 2 heterocycles. The number of aromatic nitrogens is 2. The molecule has 1 aromatic heterocycles. The van der Waals surface area contributed by atoms with E-state index >= 15 is 0 Å². The SMILES string of the molecule is C[C@@H](Nc1nc(C2=CCN(C(=O)CN(C)C)CC2)ncc1Cl)c1ccc(Cl)cc1Cl. The van der Waals surface area contributed by atoms with Gasteiger partial charge in [-0.3, -0.25) is 4.79 Å². The second-order valence-electron chi connectivity index (χ2n) is 7.48. The van der Waals surface area contributed by atoms with Crippen LogP contribution in [0, 0.1) is 0 Å². The van der Waals surface area contributed by atoms with Gasteiger partial charge in [0.25, 0.3) is 0 Å². The van der Waals surface area contributed by atoms with Gasteiger partial charge in [-0.1, -0.05) is 46.9 Å². The lowest BCUT2D eigenvalue weighted by molar-refractivity contribution is -0.131. The normalized spacial score (nSPS) is 15.2. The van der Waals surface area contributed by atoms with Gasteiger partial charge in [0, 0.05) is 23.1 Å². The van der Waals surface area contributed by atoms with Crippen LogP contribution < -0.4 is 5.32 Å². The molecule has 1 aliphatic rings. The summed E-state index contributed by atoms with van der Waals surface area (Å²) in [6, 6.07) is 5.25. The quantitative estimate of drug-likeness (QED) is 0.660. The highest BCUT2D eigenvalue weighted by Gasteiger charge is 2.20. The monoisotopic (exact) mass is 467 g/mol. The molecule has 9 heteroatoms. The number of anilines is 1. The molecule has 160 valence electrons. The number of rotatable bonds is 6. The van der Waals surface area contributed by atoms with Crippen LogP contribution in [-0.2, 0) is 4.79 Å². The number of carbonyl (C=O) groups excluding carboxylic acids is 1. The summed E-state index contributed by atoms with van der Waals surface area (Å²) in [6.07, 6.45) is 4.29. The van der Waals surface area contributed by atoms with Crippen LogP contribution in [0.25, 0.3) is 5.57 Å². The van der Waals surface area contributed by atoms with Gasteiger partial charge in [-0.15, -0.1) is 0 Å². The first-order valence-corrected chi connectivity index (χ1v) is 10.7. The molecule has 0 radical (unpaired) electrons. The van der Waals surface area contributed by atoms with Crippen molar-refractivity contribution >= 4 is 52.1 Å². The molecule has 0 bridgehead atoms. The molecule has 1 atom stereocenters. The van der Waals surface area contributed by atoms with Crippen LogP contribution in [0.15, 0.2) is 30.5 Å². The molecule has 0 saturated heterocycles. The molecule has 1 aliphatic heterocycles. The van der Waals surface area contributed by atoms with Gasteiger partial charge in [-0.25, -0.2) is 9.97 Å². The minimum Gasteiger partial charge on any atom is -0.362 e. The summed E-state index contributed by atoms with van der Waals surface area (Å²) in [5, 5.41) is 4.89. The summed E-state index contributed by atoms with van der Waals surface area (Å²) in [4.78, 5) is 24.9. The van der Waals surface area contributed by atoms with E-state index in [9.17, 15) is 4.79 Å². The first-order chi connectivity index (χ1) is 14.2. The van der Waals surface area contributed by atoms with Crippen LogP contribution in [0.4, 0.5) is 5.82 Å². The molecule has 0 aliphatic carbocycles.